The summed E-state index contributed by atoms with van der Waals surface area (Å²) in [5.41, 5.74) is 0.836. The maximum atomic E-state index is 12.6. The first-order valence-corrected chi connectivity index (χ1v) is 9.82. The number of rotatable bonds is 6. The quantitative estimate of drug-likeness (QED) is 0.833. The van der Waals surface area contributed by atoms with E-state index in [1.165, 1.54) is 24.2 Å². The summed E-state index contributed by atoms with van der Waals surface area (Å²) in [5.74, 6) is 0. The fourth-order valence-corrected chi connectivity index (χ4v) is 5.02. The van der Waals surface area contributed by atoms with Gasteiger partial charge in [-0.3, -0.25) is 0 Å². The van der Waals surface area contributed by atoms with Gasteiger partial charge in [-0.25, -0.2) is 9.71 Å². The van der Waals surface area contributed by atoms with Crippen LogP contribution in [-0.4, -0.2) is 42.9 Å². The van der Waals surface area contributed by atoms with Crippen LogP contribution in [0.3, 0.4) is 0 Å². The molecule has 0 aromatic carbocycles. The molecule has 1 aromatic rings. The van der Waals surface area contributed by atoms with E-state index in [0.29, 0.717) is 17.7 Å². The van der Waals surface area contributed by atoms with Gasteiger partial charge in [0.2, 0.25) is 0 Å². The van der Waals surface area contributed by atoms with Crippen molar-refractivity contribution >= 4 is 26.7 Å². The lowest BCUT2D eigenvalue weighted by Crippen LogP contribution is -2.50. The summed E-state index contributed by atoms with van der Waals surface area (Å²) in [5, 5.41) is 5.75. The molecule has 2 N–H and O–H groups in total. The number of nitrogens with one attached hydrogen (secondary N) is 2. The van der Waals surface area contributed by atoms with Crippen LogP contribution in [0.5, 0.6) is 0 Å². The first-order chi connectivity index (χ1) is 10.0. The maximum absolute atomic E-state index is 12.6. The Morgan fingerprint density at radius 2 is 2.19 bits per heavy atom. The topological polar surface area (TPSA) is 74.3 Å². The molecule has 3 rings (SSSR count). The summed E-state index contributed by atoms with van der Waals surface area (Å²) in [6, 6.07) is 0.656. The maximum Gasteiger partial charge on any atom is 0.303 e. The Balaban J connectivity index is 1.67. The number of aromatic nitrogens is 1. The van der Waals surface area contributed by atoms with Gasteiger partial charge in [-0.1, -0.05) is 6.42 Å². The second kappa shape index (κ2) is 6.20. The minimum Gasteiger partial charge on any atom is -0.312 e. The third-order valence-electron chi connectivity index (χ3n) is 3.94. The second-order valence-corrected chi connectivity index (χ2v) is 8.33. The van der Waals surface area contributed by atoms with Crippen molar-refractivity contribution in [2.75, 3.05) is 17.8 Å². The number of hydrogen-bond acceptors (Lipinski definition) is 5. The molecule has 1 saturated heterocycles. The van der Waals surface area contributed by atoms with Crippen LogP contribution in [0.15, 0.2) is 5.38 Å². The molecule has 1 aliphatic carbocycles. The molecular formula is C13H22N4O2S2. The molecule has 0 spiro atoms. The fourth-order valence-electron chi connectivity index (χ4n) is 2.65. The molecule has 0 amide bonds. The molecule has 2 aliphatic rings. The standard InChI is InChI=1S/C13H22N4O2S2/c1-10-9-20-13(15-10)16-21(18,19)17-7-3-2-4-12(17)8-14-11-5-6-11/h9,11-12,14H,2-8H2,1H3,(H,15,16). The van der Waals surface area contributed by atoms with E-state index >= 15 is 0 Å². The molecular weight excluding hydrogens is 308 g/mol. The van der Waals surface area contributed by atoms with Gasteiger partial charge >= 0.3 is 10.2 Å². The van der Waals surface area contributed by atoms with E-state index in [1.807, 2.05) is 12.3 Å². The summed E-state index contributed by atoms with van der Waals surface area (Å²) in [7, 11) is -3.51. The lowest BCUT2D eigenvalue weighted by molar-refractivity contribution is 0.246. The zero-order valence-electron chi connectivity index (χ0n) is 12.2. The summed E-state index contributed by atoms with van der Waals surface area (Å²) in [6.45, 7) is 3.21. The van der Waals surface area contributed by atoms with E-state index < -0.39 is 10.2 Å². The van der Waals surface area contributed by atoms with Crippen molar-refractivity contribution in [1.82, 2.24) is 14.6 Å². The van der Waals surface area contributed by atoms with Crippen LogP contribution in [0.4, 0.5) is 5.13 Å². The van der Waals surface area contributed by atoms with Crippen molar-refractivity contribution in [3.63, 3.8) is 0 Å². The largest absolute Gasteiger partial charge is 0.312 e. The van der Waals surface area contributed by atoms with Gasteiger partial charge in [-0.2, -0.15) is 12.7 Å². The molecule has 2 fully saturated rings. The highest BCUT2D eigenvalue weighted by atomic mass is 32.2. The highest BCUT2D eigenvalue weighted by Crippen LogP contribution is 2.25. The molecule has 6 nitrogen and oxygen atoms in total. The molecule has 1 atom stereocenters. The van der Waals surface area contributed by atoms with Gasteiger partial charge in [-0.15, -0.1) is 11.3 Å². The van der Waals surface area contributed by atoms with Crippen molar-refractivity contribution < 1.29 is 8.42 Å². The molecule has 1 saturated carbocycles. The molecule has 1 aromatic heterocycles. The van der Waals surface area contributed by atoms with Crippen LogP contribution < -0.4 is 10.0 Å². The van der Waals surface area contributed by atoms with E-state index in [2.05, 4.69) is 15.0 Å². The zero-order chi connectivity index (χ0) is 14.9. The first-order valence-electron chi connectivity index (χ1n) is 7.50. The predicted molar refractivity (Wildman–Crippen MR) is 84.8 cm³/mol. The van der Waals surface area contributed by atoms with Gasteiger partial charge in [0.1, 0.15) is 0 Å². The molecule has 21 heavy (non-hydrogen) atoms. The molecule has 8 heteroatoms. The molecule has 2 heterocycles. The number of thiazole rings is 1. The van der Waals surface area contributed by atoms with E-state index in [-0.39, 0.29) is 6.04 Å². The Kier molecular flexibility index (Phi) is 4.49. The van der Waals surface area contributed by atoms with Crippen molar-refractivity contribution in [2.45, 2.75) is 51.1 Å². The Morgan fingerprint density at radius 1 is 1.38 bits per heavy atom. The molecule has 118 valence electrons. The second-order valence-electron chi connectivity index (χ2n) is 5.84. The summed E-state index contributed by atoms with van der Waals surface area (Å²) < 4.78 is 29.4. The minimum atomic E-state index is -3.51. The van der Waals surface area contributed by atoms with E-state index in [0.717, 1.165) is 31.5 Å². The molecule has 0 bridgehead atoms. The minimum absolute atomic E-state index is 0.0536. The number of nitrogens with zero attached hydrogens (tertiary/aromatic N) is 2. The van der Waals surface area contributed by atoms with Crippen LogP contribution in [0, 0.1) is 6.92 Å². The van der Waals surface area contributed by atoms with Gasteiger partial charge in [0.05, 0.1) is 5.69 Å². The van der Waals surface area contributed by atoms with Crippen molar-refractivity contribution in [3.8, 4) is 0 Å². The molecule has 1 aliphatic heterocycles. The lowest BCUT2D eigenvalue weighted by atomic mass is 10.1. The average Bonchev–Trinajstić information content (AvgIpc) is 3.19. The van der Waals surface area contributed by atoms with Gasteiger partial charge < -0.3 is 5.32 Å². The Labute approximate surface area is 130 Å². The third-order valence-corrected chi connectivity index (χ3v) is 6.49. The predicted octanol–water partition coefficient (Wildman–Crippen LogP) is 1.71. The summed E-state index contributed by atoms with van der Waals surface area (Å²) in [4.78, 5) is 4.19. The summed E-state index contributed by atoms with van der Waals surface area (Å²) in [6.07, 6.45) is 5.39. The molecule has 0 radical (unpaired) electrons. The Morgan fingerprint density at radius 3 is 2.86 bits per heavy atom. The highest BCUT2D eigenvalue weighted by molar-refractivity contribution is 7.90. The van der Waals surface area contributed by atoms with Gasteiger partial charge in [0.15, 0.2) is 5.13 Å². The number of aryl methyl sites for hydroxylation is 1. The van der Waals surface area contributed by atoms with Gasteiger partial charge in [0.25, 0.3) is 0 Å². The van der Waals surface area contributed by atoms with Crippen LogP contribution in [0.1, 0.15) is 37.8 Å². The van der Waals surface area contributed by atoms with Crippen LogP contribution in [0.25, 0.3) is 0 Å². The summed E-state index contributed by atoms with van der Waals surface area (Å²) >= 11 is 1.33. The Hall–Kier alpha value is -0.700. The van der Waals surface area contributed by atoms with Gasteiger partial charge in [0, 0.05) is 30.6 Å². The molecule has 1 unspecified atom stereocenters. The van der Waals surface area contributed by atoms with Crippen LogP contribution >= 0.6 is 11.3 Å². The number of piperidine rings is 1. The average molecular weight is 330 g/mol. The van der Waals surface area contributed by atoms with E-state index in [9.17, 15) is 8.42 Å². The van der Waals surface area contributed by atoms with E-state index in [1.54, 1.807) is 4.31 Å². The number of anilines is 1. The van der Waals surface area contributed by atoms with Crippen molar-refractivity contribution in [1.29, 1.82) is 0 Å². The van der Waals surface area contributed by atoms with Crippen LogP contribution in [0.2, 0.25) is 0 Å². The van der Waals surface area contributed by atoms with Crippen molar-refractivity contribution in [2.24, 2.45) is 0 Å². The smallest absolute Gasteiger partial charge is 0.303 e. The van der Waals surface area contributed by atoms with E-state index in [4.69, 9.17) is 0 Å². The third kappa shape index (κ3) is 3.94. The number of hydrogen-bond donors (Lipinski definition) is 2. The Bertz CT molecular complexity index is 583. The highest BCUT2D eigenvalue weighted by Gasteiger charge is 2.33. The zero-order valence-corrected chi connectivity index (χ0v) is 13.8. The first kappa shape index (κ1) is 15.2. The lowest BCUT2D eigenvalue weighted by Gasteiger charge is -2.34. The fraction of sp³-hybridized carbons (Fsp3) is 0.769. The normalized spacial score (nSPS) is 24.1. The monoisotopic (exact) mass is 330 g/mol. The van der Waals surface area contributed by atoms with Gasteiger partial charge in [-0.05, 0) is 32.6 Å². The van der Waals surface area contributed by atoms with Crippen molar-refractivity contribution in [3.05, 3.63) is 11.1 Å². The van der Waals surface area contributed by atoms with Crippen LogP contribution in [-0.2, 0) is 10.2 Å². The SMILES string of the molecule is Cc1csc(NS(=O)(=O)N2CCCCC2CNC2CC2)n1.